The zero-order chi connectivity index (χ0) is 20.8. The van der Waals surface area contributed by atoms with Crippen molar-refractivity contribution in [3.63, 3.8) is 0 Å². The van der Waals surface area contributed by atoms with E-state index in [1.54, 1.807) is 35.2 Å². The van der Waals surface area contributed by atoms with Crippen molar-refractivity contribution in [3.8, 4) is 11.5 Å². The van der Waals surface area contributed by atoms with Crippen LogP contribution in [0.5, 0.6) is 11.5 Å². The maximum absolute atomic E-state index is 13.0. The van der Waals surface area contributed by atoms with E-state index in [1.165, 1.54) is 14.2 Å². The van der Waals surface area contributed by atoms with E-state index in [4.69, 9.17) is 25.8 Å². The number of carbonyl (C=O) groups excluding carboxylic acids is 2. The monoisotopic (exact) mass is 419 g/mol. The second-order valence-corrected chi connectivity index (χ2v) is 6.83. The SMILES string of the molecule is COC(=O)COc1ccc(C(=O)N2CCOC(c3ccc(Cl)cc3)C2)cc1OC. The average Bonchev–Trinajstić information content (AvgIpc) is 2.77. The molecule has 1 fully saturated rings. The fraction of sp³-hybridized carbons (Fsp3) is 0.333. The number of ether oxygens (including phenoxy) is 4. The molecule has 1 amide bonds. The molecule has 0 aromatic heterocycles. The standard InChI is InChI=1S/C21H22ClNO6/c1-26-18-11-15(5-8-17(18)29-13-20(24)27-2)21(25)23-9-10-28-19(12-23)14-3-6-16(22)7-4-14/h3-8,11,19H,9-10,12-13H2,1-2H3. The van der Waals surface area contributed by atoms with Gasteiger partial charge in [0.05, 0.1) is 27.4 Å². The van der Waals surface area contributed by atoms with Gasteiger partial charge < -0.3 is 23.8 Å². The summed E-state index contributed by atoms with van der Waals surface area (Å²) in [6.07, 6.45) is -0.213. The Balaban J connectivity index is 1.71. The van der Waals surface area contributed by atoms with Crippen molar-refractivity contribution in [2.45, 2.75) is 6.10 Å². The van der Waals surface area contributed by atoms with Crippen LogP contribution in [0.25, 0.3) is 0 Å². The predicted octanol–water partition coefficient (Wildman–Crippen LogP) is 3.11. The zero-order valence-corrected chi connectivity index (χ0v) is 17.0. The summed E-state index contributed by atoms with van der Waals surface area (Å²) in [5, 5.41) is 0.652. The molecule has 2 aromatic carbocycles. The van der Waals surface area contributed by atoms with Gasteiger partial charge in [-0.25, -0.2) is 4.79 Å². The zero-order valence-electron chi connectivity index (χ0n) is 16.2. The summed E-state index contributed by atoms with van der Waals surface area (Å²) in [5.74, 6) is 0.0802. The van der Waals surface area contributed by atoms with Crippen molar-refractivity contribution in [2.75, 3.05) is 40.5 Å². The number of halogens is 1. The number of benzene rings is 2. The molecule has 1 aliphatic rings. The summed E-state index contributed by atoms with van der Waals surface area (Å²) in [6, 6.07) is 12.3. The molecule has 0 spiro atoms. The summed E-state index contributed by atoms with van der Waals surface area (Å²) in [7, 11) is 2.75. The molecule has 0 saturated carbocycles. The van der Waals surface area contributed by atoms with E-state index >= 15 is 0 Å². The molecule has 1 unspecified atom stereocenters. The van der Waals surface area contributed by atoms with Gasteiger partial charge in [0.1, 0.15) is 6.10 Å². The molecule has 0 radical (unpaired) electrons. The molecule has 0 aliphatic carbocycles. The minimum atomic E-state index is -0.506. The van der Waals surface area contributed by atoms with Crippen LogP contribution in [-0.4, -0.2) is 57.3 Å². The number of esters is 1. The summed E-state index contributed by atoms with van der Waals surface area (Å²) in [6.45, 7) is 1.12. The third kappa shape index (κ3) is 5.19. The minimum Gasteiger partial charge on any atom is -0.493 e. The van der Waals surface area contributed by atoms with Crippen molar-refractivity contribution in [1.29, 1.82) is 0 Å². The first kappa shape index (κ1) is 21.0. The summed E-state index contributed by atoms with van der Waals surface area (Å²) >= 11 is 5.95. The van der Waals surface area contributed by atoms with Gasteiger partial charge in [-0.05, 0) is 35.9 Å². The predicted molar refractivity (Wildman–Crippen MR) is 107 cm³/mol. The highest BCUT2D eigenvalue weighted by Crippen LogP contribution is 2.30. The second kappa shape index (κ2) is 9.62. The van der Waals surface area contributed by atoms with E-state index in [9.17, 15) is 9.59 Å². The van der Waals surface area contributed by atoms with Gasteiger partial charge >= 0.3 is 5.97 Å². The summed E-state index contributed by atoms with van der Waals surface area (Å²) < 4.78 is 21.1. The molecule has 2 aromatic rings. The van der Waals surface area contributed by atoms with Gasteiger partial charge in [-0.2, -0.15) is 0 Å². The quantitative estimate of drug-likeness (QED) is 0.670. The lowest BCUT2D eigenvalue weighted by molar-refractivity contribution is -0.142. The smallest absolute Gasteiger partial charge is 0.343 e. The number of methoxy groups -OCH3 is 2. The highest BCUT2D eigenvalue weighted by molar-refractivity contribution is 6.30. The van der Waals surface area contributed by atoms with Gasteiger partial charge in [0.2, 0.25) is 0 Å². The van der Waals surface area contributed by atoms with Gasteiger partial charge in [-0.15, -0.1) is 0 Å². The largest absolute Gasteiger partial charge is 0.493 e. The first-order chi connectivity index (χ1) is 14.0. The Morgan fingerprint density at radius 2 is 1.90 bits per heavy atom. The third-order valence-corrected chi connectivity index (χ3v) is 4.83. The maximum Gasteiger partial charge on any atom is 0.343 e. The number of nitrogens with zero attached hydrogens (tertiary/aromatic N) is 1. The normalized spacial score (nSPS) is 16.2. The minimum absolute atomic E-state index is 0.134. The van der Waals surface area contributed by atoms with Crippen LogP contribution in [0.1, 0.15) is 22.0 Å². The van der Waals surface area contributed by atoms with Crippen molar-refractivity contribution >= 4 is 23.5 Å². The number of carbonyl (C=O) groups is 2. The van der Waals surface area contributed by atoms with Crippen LogP contribution in [0, 0.1) is 0 Å². The Hall–Kier alpha value is -2.77. The number of amides is 1. The molecular formula is C21H22ClNO6. The molecule has 154 valence electrons. The van der Waals surface area contributed by atoms with Crippen molar-refractivity contribution in [2.24, 2.45) is 0 Å². The number of morpholine rings is 1. The van der Waals surface area contributed by atoms with E-state index in [0.717, 1.165) is 5.56 Å². The lowest BCUT2D eigenvalue weighted by Gasteiger charge is -2.33. The Kier molecular flexibility index (Phi) is 6.95. The number of hydrogen-bond acceptors (Lipinski definition) is 6. The molecule has 1 saturated heterocycles. The molecule has 1 heterocycles. The third-order valence-electron chi connectivity index (χ3n) is 4.58. The molecule has 1 atom stereocenters. The highest BCUT2D eigenvalue weighted by Gasteiger charge is 2.26. The van der Waals surface area contributed by atoms with E-state index in [1.807, 2.05) is 12.1 Å². The van der Waals surface area contributed by atoms with Crippen LogP contribution in [-0.2, 0) is 14.3 Å². The van der Waals surface area contributed by atoms with Crippen molar-refractivity contribution in [1.82, 2.24) is 4.90 Å². The fourth-order valence-corrected chi connectivity index (χ4v) is 3.14. The Morgan fingerprint density at radius 1 is 1.14 bits per heavy atom. The first-order valence-electron chi connectivity index (χ1n) is 9.06. The molecule has 0 bridgehead atoms. The van der Waals surface area contributed by atoms with E-state index in [0.29, 0.717) is 41.8 Å². The summed E-state index contributed by atoms with van der Waals surface area (Å²) in [4.78, 5) is 26.0. The van der Waals surface area contributed by atoms with E-state index in [-0.39, 0.29) is 18.6 Å². The highest BCUT2D eigenvalue weighted by atomic mass is 35.5. The van der Waals surface area contributed by atoms with Gasteiger partial charge in [0.25, 0.3) is 5.91 Å². The van der Waals surface area contributed by atoms with Crippen LogP contribution in [0.3, 0.4) is 0 Å². The molecule has 8 heteroatoms. The topological polar surface area (TPSA) is 74.3 Å². The first-order valence-corrected chi connectivity index (χ1v) is 9.43. The molecular weight excluding hydrogens is 398 g/mol. The van der Waals surface area contributed by atoms with Crippen molar-refractivity contribution < 1.29 is 28.5 Å². The van der Waals surface area contributed by atoms with E-state index < -0.39 is 5.97 Å². The van der Waals surface area contributed by atoms with Gasteiger partial charge in [-0.1, -0.05) is 23.7 Å². The Morgan fingerprint density at radius 3 is 2.59 bits per heavy atom. The number of hydrogen-bond donors (Lipinski definition) is 0. The lowest BCUT2D eigenvalue weighted by Crippen LogP contribution is -2.42. The van der Waals surface area contributed by atoms with Crippen LogP contribution < -0.4 is 9.47 Å². The fourth-order valence-electron chi connectivity index (χ4n) is 3.01. The lowest BCUT2D eigenvalue weighted by atomic mass is 10.1. The molecule has 29 heavy (non-hydrogen) atoms. The molecule has 7 nitrogen and oxygen atoms in total. The van der Waals surface area contributed by atoms with Gasteiger partial charge in [0.15, 0.2) is 18.1 Å². The Bertz CT molecular complexity index is 870. The van der Waals surface area contributed by atoms with E-state index in [2.05, 4.69) is 4.74 Å². The van der Waals surface area contributed by atoms with Crippen LogP contribution in [0.15, 0.2) is 42.5 Å². The van der Waals surface area contributed by atoms with Crippen LogP contribution in [0.4, 0.5) is 0 Å². The molecule has 0 N–H and O–H groups in total. The number of rotatable bonds is 6. The van der Waals surface area contributed by atoms with Crippen LogP contribution in [0.2, 0.25) is 5.02 Å². The molecule has 1 aliphatic heterocycles. The second-order valence-electron chi connectivity index (χ2n) is 6.39. The van der Waals surface area contributed by atoms with Gasteiger partial charge in [-0.3, -0.25) is 4.79 Å². The maximum atomic E-state index is 13.0. The Labute approximate surface area is 174 Å². The summed E-state index contributed by atoms with van der Waals surface area (Å²) in [5.41, 5.74) is 1.43. The van der Waals surface area contributed by atoms with Gasteiger partial charge in [0, 0.05) is 17.1 Å². The average molecular weight is 420 g/mol. The van der Waals surface area contributed by atoms with Crippen LogP contribution >= 0.6 is 11.6 Å². The molecule has 3 rings (SSSR count). The van der Waals surface area contributed by atoms with Crippen molar-refractivity contribution in [3.05, 3.63) is 58.6 Å².